The minimum Gasteiger partial charge on any atom is -0.330 e. The molecule has 0 saturated heterocycles. The third-order valence-corrected chi connectivity index (χ3v) is 3.91. The molecule has 0 aliphatic heterocycles. The van der Waals surface area contributed by atoms with Gasteiger partial charge in [-0.3, -0.25) is 0 Å². The lowest BCUT2D eigenvalue weighted by molar-refractivity contribution is 0.404. The van der Waals surface area contributed by atoms with Crippen LogP contribution in [0.3, 0.4) is 0 Å². The van der Waals surface area contributed by atoms with Crippen LogP contribution in [0, 0.1) is 18.8 Å². The number of hydrogen-bond acceptors (Lipinski definition) is 2. The van der Waals surface area contributed by atoms with Gasteiger partial charge < -0.3 is 10.3 Å². The summed E-state index contributed by atoms with van der Waals surface area (Å²) < 4.78 is 2.33. The molecule has 0 amide bonds. The van der Waals surface area contributed by atoms with Gasteiger partial charge in [0, 0.05) is 13.0 Å². The summed E-state index contributed by atoms with van der Waals surface area (Å²) in [7, 11) is 0. The number of aromatic nitrogens is 2. The number of hydrogen-bond donors (Lipinski definition) is 1. The zero-order chi connectivity index (χ0) is 14.7. The molecule has 20 heavy (non-hydrogen) atoms. The zero-order valence-electron chi connectivity index (χ0n) is 13.2. The number of nitrogens with two attached hydrogens (primary N) is 1. The second-order valence-corrected chi connectivity index (χ2v) is 6.20. The summed E-state index contributed by atoms with van der Waals surface area (Å²) in [6, 6.07) is 6.52. The maximum atomic E-state index is 5.94. The van der Waals surface area contributed by atoms with Crippen LogP contribution in [0.4, 0.5) is 0 Å². The van der Waals surface area contributed by atoms with Gasteiger partial charge in [-0.15, -0.1) is 0 Å². The van der Waals surface area contributed by atoms with Gasteiger partial charge in [-0.2, -0.15) is 0 Å². The molecule has 3 heteroatoms. The van der Waals surface area contributed by atoms with Gasteiger partial charge in [0.1, 0.15) is 5.82 Å². The third kappa shape index (κ3) is 3.21. The minimum atomic E-state index is 0.526. The van der Waals surface area contributed by atoms with Crippen LogP contribution in [0.2, 0.25) is 0 Å². The summed E-state index contributed by atoms with van der Waals surface area (Å²) >= 11 is 0. The quantitative estimate of drug-likeness (QED) is 0.875. The predicted molar refractivity (Wildman–Crippen MR) is 85.8 cm³/mol. The SMILES string of the molecule is CCn1c(CC(CN)CC(C)C)nc2cc(C)ccc21. The number of imidazole rings is 1. The van der Waals surface area contributed by atoms with Gasteiger partial charge in [-0.05, 0) is 56.3 Å². The van der Waals surface area contributed by atoms with E-state index in [0.29, 0.717) is 11.8 Å². The Hall–Kier alpha value is -1.35. The molecule has 1 heterocycles. The first-order valence-corrected chi connectivity index (χ1v) is 7.71. The Balaban J connectivity index is 2.33. The molecule has 2 aromatic rings. The van der Waals surface area contributed by atoms with Crippen LogP contribution in [0.1, 0.15) is 38.6 Å². The average molecular weight is 273 g/mol. The first-order valence-electron chi connectivity index (χ1n) is 7.71. The highest BCUT2D eigenvalue weighted by Crippen LogP contribution is 2.22. The Morgan fingerprint density at radius 2 is 2.05 bits per heavy atom. The van der Waals surface area contributed by atoms with Crippen molar-refractivity contribution in [3.63, 3.8) is 0 Å². The topological polar surface area (TPSA) is 43.8 Å². The van der Waals surface area contributed by atoms with E-state index in [9.17, 15) is 0 Å². The van der Waals surface area contributed by atoms with E-state index < -0.39 is 0 Å². The van der Waals surface area contributed by atoms with Crippen LogP contribution < -0.4 is 5.73 Å². The molecular formula is C17H27N3. The normalized spacial score (nSPS) is 13.3. The Kier molecular flexibility index (Phi) is 4.81. The maximum absolute atomic E-state index is 5.94. The summed E-state index contributed by atoms with van der Waals surface area (Å²) in [4.78, 5) is 4.85. The molecule has 0 spiro atoms. The Labute approximate surface area is 122 Å². The maximum Gasteiger partial charge on any atom is 0.110 e. The number of aryl methyl sites for hydroxylation is 2. The average Bonchev–Trinajstić information content (AvgIpc) is 2.73. The fourth-order valence-corrected chi connectivity index (χ4v) is 2.99. The molecule has 0 radical (unpaired) electrons. The van der Waals surface area contributed by atoms with Crippen molar-refractivity contribution in [2.45, 2.75) is 47.1 Å². The molecule has 1 atom stereocenters. The fraction of sp³-hybridized carbons (Fsp3) is 0.588. The van der Waals surface area contributed by atoms with E-state index in [0.717, 1.165) is 25.0 Å². The molecule has 0 aliphatic carbocycles. The molecule has 0 aliphatic rings. The van der Waals surface area contributed by atoms with Gasteiger partial charge >= 0.3 is 0 Å². The van der Waals surface area contributed by atoms with Crippen LogP contribution in [-0.2, 0) is 13.0 Å². The lowest BCUT2D eigenvalue weighted by atomic mass is 9.94. The van der Waals surface area contributed by atoms with E-state index in [-0.39, 0.29) is 0 Å². The fourth-order valence-electron chi connectivity index (χ4n) is 2.99. The second-order valence-electron chi connectivity index (χ2n) is 6.20. The molecule has 2 N–H and O–H groups in total. The van der Waals surface area contributed by atoms with Gasteiger partial charge in [0.15, 0.2) is 0 Å². The van der Waals surface area contributed by atoms with E-state index in [2.05, 4.69) is 50.5 Å². The summed E-state index contributed by atoms with van der Waals surface area (Å²) in [6.45, 7) is 10.5. The van der Waals surface area contributed by atoms with Crippen LogP contribution in [0.25, 0.3) is 11.0 Å². The third-order valence-electron chi connectivity index (χ3n) is 3.91. The molecular weight excluding hydrogens is 246 g/mol. The molecule has 110 valence electrons. The van der Waals surface area contributed by atoms with E-state index >= 15 is 0 Å². The van der Waals surface area contributed by atoms with Crippen molar-refractivity contribution >= 4 is 11.0 Å². The van der Waals surface area contributed by atoms with E-state index in [1.54, 1.807) is 0 Å². The number of nitrogens with zero attached hydrogens (tertiary/aromatic N) is 2. The van der Waals surface area contributed by atoms with Crippen molar-refractivity contribution < 1.29 is 0 Å². The zero-order valence-corrected chi connectivity index (χ0v) is 13.2. The molecule has 1 aromatic carbocycles. The minimum absolute atomic E-state index is 0.526. The lowest BCUT2D eigenvalue weighted by Gasteiger charge is -2.17. The van der Waals surface area contributed by atoms with Crippen LogP contribution in [-0.4, -0.2) is 16.1 Å². The van der Waals surface area contributed by atoms with Gasteiger partial charge in [-0.25, -0.2) is 4.98 Å². The Bertz CT molecular complexity index is 569. The van der Waals surface area contributed by atoms with Crippen molar-refractivity contribution in [1.29, 1.82) is 0 Å². The summed E-state index contributed by atoms with van der Waals surface area (Å²) in [5, 5.41) is 0. The predicted octanol–water partition coefficient (Wildman–Crippen LogP) is 3.53. The highest BCUT2D eigenvalue weighted by molar-refractivity contribution is 5.76. The number of benzene rings is 1. The molecule has 2 rings (SSSR count). The highest BCUT2D eigenvalue weighted by atomic mass is 15.1. The van der Waals surface area contributed by atoms with Crippen molar-refractivity contribution in [1.82, 2.24) is 9.55 Å². The van der Waals surface area contributed by atoms with Crippen molar-refractivity contribution in [2.24, 2.45) is 17.6 Å². The Morgan fingerprint density at radius 3 is 2.65 bits per heavy atom. The lowest BCUT2D eigenvalue weighted by Crippen LogP contribution is -2.20. The summed E-state index contributed by atoms with van der Waals surface area (Å²) in [5.41, 5.74) is 9.56. The second kappa shape index (κ2) is 6.40. The first kappa shape index (κ1) is 15.0. The smallest absolute Gasteiger partial charge is 0.110 e. The largest absolute Gasteiger partial charge is 0.330 e. The molecule has 0 bridgehead atoms. The molecule has 1 aromatic heterocycles. The standard InChI is InChI=1S/C17H27N3/c1-5-20-16-7-6-13(4)9-15(16)19-17(20)10-14(11-18)8-12(2)3/h6-7,9,12,14H,5,8,10-11,18H2,1-4H3. The summed E-state index contributed by atoms with van der Waals surface area (Å²) in [5.74, 6) is 2.40. The van der Waals surface area contributed by atoms with Gasteiger partial charge in [0.25, 0.3) is 0 Å². The van der Waals surface area contributed by atoms with Gasteiger partial charge in [0.2, 0.25) is 0 Å². The summed E-state index contributed by atoms with van der Waals surface area (Å²) in [6.07, 6.45) is 2.15. The van der Waals surface area contributed by atoms with Crippen molar-refractivity contribution in [3.05, 3.63) is 29.6 Å². The molecule has 1 unspecified atom stereocenters. The molecule has 3 nitrogen and oxygen atoms in total. The van der Waals surface area contributed by atoms with E-state index in [1.165, 1.54) is 23.3 Å². The number of rotatable bonds is 6. The van der Waals surface area contributed by atoms with E-state index in [1.807, 2.05) is 0 Å². The highest BCUT2D eigenvalue weighted by Gasteiger charge is 2.16. The van der Waals surface area contributed by atoms with Crippen molar-refractivity contribution in [3.8, 4) is 0 Å². The van der Waals surface area contributed by atoms with Crippen LogP contribution in [0.15, 0.2) is 18.2 Å². The van der Waals surface area contributed by atoms with E-state index in [4.69, 9.17) is 10.7 Å². The number of fused-ring (bicyclic) bond motifs is 1. The van der Waals surface area contributed by atoms with Crippen LogP contribution in [0.5, 0.6) is 0 Å². The van der Waals surface area contributed by atoms with Crippen LogP contribution >= 0.6 is 0 Å². The molecule has 0 saturated carbocycles. The monoisotopic (exact) mass is 273 g/mol. The molecule has 0 fully saturated rings. The van der Waals surface area contributed by atoms with Gasteiger partial charge in [0.05, 0.1) is 11.0 Å². The Morgan fingerprint density at radius 1 is 1.30 bits per heavy atom. The first-order chi connectivity index (χ1) is 9.55. The van der Waals surface area contributed by atoms with Crippen molar-refractivity contribution in [2.75, 3.05) is 6.54 Å². The van der Waals surface area contributed by atoms with Gasteiger partial charge in [-0.1, -0.05) is 19.9 Å².